The Morgan fingerprint density at radius 3 is 2.11 bits per heavy atom. The van der Waals surface area contributed by atoms with Gasteiger partial charge in [-0.15, -0.1) is 0 Å². The molecule has 1 aliphatic rings. The first-order chi connectivity index (χ1) is 17.6. The molecule has 3 N–H and O–H groups in total. The minimum atomic E-state index is -1.26. The fourth-order valence-corrected chi connectivity index (χ4v) is 4.30. The summed E-state index contributed by atoms with van der Waals surface area (Å²) in [6.45, 7) is 3.59. The third-order valence-corrected chi connectivity index (χ3v) is 6.14. The summed E-state index contributed by atoms with van der Waals surface area (Å²) in [5.74, 6) is -4.74. The summed E-state index contributed by atoms with van der Waals surface area (Å²) < 4.78 is 0. The van der Waals surface area contributed by atoms with Crippen molar-refractivity contribution in [1.29, 1.82) is 5.41 Å². The average Bonchev–Trinajstić information content (AvgIpc) is 3.30. The lowest BCUT2D eigenvalue weighted by Gasteiger charge is -2.35. The molecule has 37 heavy (non-hydrogen) atoms. The molecule has 2 atom stereocenters. The van der Waals surface area contributed by atoms with Gasteiger partial charge in [-0.1, -0.05) is 68.4 Å². The Morgan fingerprint density at radius 2 is 1.59 bits per heavy atom. The molecule has 0 saturated carbocycles. The number of carbonyl (C=O) groups excluding carboxylic acids is 4. The van der Waals surface area contributed by atoms with Gasteiger partial charge < -0.3 is 20.6 Å². The van der Waals surface area contributed by atoms with E-state index in [2.05, 4.69) is 5.32 Å². The van der Waals surface area contributed by atoms with E-state index in [-0.39, 0.29) is 11.3 Å². The summed E-state index contributed by atoms with van der Waals surface area (Å²) in [5.41, 5.74) is 1.83. The van der Waals surface area contributed by atoms with Gasteiger partial charge in [0.15, 0.2) is 0 Å². The van der Waals surface area contributed by atoms with E-state index >= 15 is 0 Å². The molecular weight excluding hydrogens is 476 g/mol. The standard InChI is InChI=1S/C27H30N4O6/c1-17(2)24(25(28)26(36)18-8-4-3-5-9-18)27(37)31(15-22(33)29-21(16-32)12-23(34)35)30-13-19-10-6-7-11-20(19)14-30/h3-11,16-17,21,24,28H,12-15H2,1-2H3,(H,29,33)(H,34,35). The van der Waals surface area contributed by atoms with Crippen molar-refractivity contribution in [1.82, 2.24) is 15.3 Å². The molecule has 2 unspecified atom stereocenters. The van der Waals surface area contributed by atoms with Crippen LogP contribution in [0.5, 0.6) is 0 Å². The van der Waals surface area contributed by atoms with Crippen molar-refractivity contribution >= 4 is 35.6 Å². The summed E-state index contributed by atoms with van der Waals surface area (Å²) in [6, 6.07) is 14.5. The number of carboxylic acid groups (broad SMARTS) is 1. The van der Waals surface area contributed by atoms with Gasteiger partial charge in [0, 0.05) is 18.7 Å². The number of nitrogens with one attached hydrogen (secondary N) is 2. The molecule has 0 spiro atoms. The normalized spacial score (nSPS) is 14.4. The Hall–Kier alpha value is -4.18. The second kappa shape index (κ2) is 12.2. The number of aldehydes is 1. The minimum absolute atomic E-state index is 0.284. The van der Waals surface area contributed by atoms with Crippen LogP contribution in [-0.2, 0) is 32.3 Å². The highest BCUT2D eigenvalue weighted by atomic mass is 16.4. The zero-order chi connectivity index (χ0) is 27.1. The molecule has 0 fully saturated rings. The number of nitrogens with zero attached hydrogens (tertiary/aromatic N) is 2. The van der Waals surface area contributed by atoms with E-state index in [4.69, 9.17) is 10.5 Å². The van der Waals surface area contributed by atoms with Crippen molar-refractivity contribution in [2.75, 3.05) is 6.54 Å². The SMILES string of the molecule is CC(C)C(C(=N)C(=O)c1ccccc1)C(=O)N(CC(=O)NC(C=O)CC(=O)O)N1Cc2ccccc2C1. The van der Waals surface area contributed by atoms with Gasteiger partial charge in [-0.3, -0.25) is 24.2 Å². The van der Waals surface area contributed by atoms with Crippen LogP contribution in [0.25, 0.3) is 0 Å². The van der Waals surface area contributed by atoms with E-state index < -0.39 is 54.4 Å². The molecule has 1 heterocycles. The van der Waals surface area contributed by atoms with Crippen LogP contribution in [0, 0.1) is 17.2 Å². The van der Waals surface area contributed by atoms with Gasteiger partial charge in [0.2, 0.25) is 17.6 Å². The summed E-state index contributed by atoms with van der Waals surface area (Å²) >= 11 is 0. The fourth-order valence-electron chi connectivity index (χ4n) is 4.30. The summed E-state index contributed by atoms with van der Waals surface area (Å²) in [4.78, 5) is 62.1. The maximum Gasteiger partial charge on any atom is 0.305 e. The molecule has 3 rings (SSSR count). The van der Waals surface area contributed by atoms with Gasteiger partial charge in [0.1, 0.15) is 12.8 Å². The maximum atomic E-state index is 13.9. The average molecular weight is 507 g/mol. The number of amides is 2. The van der Waals surface area contributed by atoms with Crippen LogP contribution in [0.2, 0.25) is 0 Å². The second-order valence-electron chi connectivity index (χ2n) is 9.23. The quantitative estimate of drug-likeness (QED) is 0.227. The van der Waals surface area contributed by atoms with Crippen LogP contribution >= 0.6 is 0 Å². The lowest BCUT2D eigenvalue weighted by Crippen LogP contribution is -2.54. The number of Topliss-reactive ketones (excluding diaryl/α,β-unsaturated/α-hetero) is 1. The molecule has 0 bridgehead atoms. The molecule has 0 saturated heterocycles. The third-order valence-electron chi connectivity index (χ3n) is 6.14. The van der Waals surface area contributed by atoms with Crippen molar-refractivity contribution in [2.45, 2.75) is 39.4 Å². The van der Waals surface area contributed by atoms with E-state index in [0.29, 0.717) is 19.4 Å². The molecule has 2 amide bonds. The Bertz CT molecular complexity index is 1170. The van der Waals surface area contributed by atoms with Crippen molar-refractivity contribution in [2.24, 2.45) is 11.8 Å². The number of rotatable bonds is 12. The van der Waals surface area contributed by atoms with Crippen molar-refractivity contribution in [3.63, 3.8) is 0 Å². The van der Waals surface area contributed by atoms with Gasteiger partial charge in [0.05, 0.1) is 24.1 Å². The highest BCUT2D eigenvalue weighted by Crippen LogP contribution is 2.27. The van der Waals surface area contributed by atoms with Crippen LogP contribution < -0.4 is 5.32 Å². The Kier molecular flexibility index (Phi) is 9.02. The number of benzene rings is 2. The second-order valence-corrected chi connectivity index (χ2v) is 9.23. The summed E-state index contributed by atoms with van der Waals surface area (Å²) in [5, 5.41) is 22.8. The van der Waals surface area contributed by atoms with E-state index in [1.54, 1.807) is 49.2 Å². The molecule has 0 aliphatic carbocycles. The van der Waals surface area contributed by atoms with Crippen LogP contribution in [0.3, 0.4) is 0 Å². The third kappa shape index (κ3) is 6.73. The molecule has 194 valence electrons. The number of hydrogen-bond donors (Lipinski definition) is 3. The van der Waals surface area contributed by atoms with Crippen molar-refractivity contribution in [3.8, 4) is 0 Å². The molecule has 10 heteroatoms. The first-order valence-electron chi connectivity index (χ1n) is 11.9. The van der Waals surface area contributed by atoms with Crippen molar-refractivity contribution in [3.05, 3.63) is 71.3 Å². The highest BCUT2D eigenvalue weighted by molar-refractivity contribution is 6.48. The molecule has 2 aromatic carbocycles. The summed E-state index contributed by atoms with van der Waals surface area (Å²) in [6.07, 6.45) is -0.266. The Morgan fingerprint density at radius 1 is 1.03 bits per heavy atom. The Labute approximate surface area is 214 Å². The molecule has 1 aliphatic heterocycles. The smallest absolute Gasteiger partial charge is 0.305 e. The molecule has 2 aromatic rings. The topological polar surface area (TPSA) is 148 Å². The van der Waals surface area contributed by atoms with Gasteiger partial charge in [-0.05, 0) is 17.0 Å². The molecule has 0 aromatic heterocycles. The van der Waals surface area contributed by atoms with Crippen LogP contribution in [0.4, 0.5) is 0 Å². The van der Waals surface area contributed by atoms with Gasteiger partial charge in [0.25, 0.3) is 0 Å². The van der Waals surface area contributed by atoms with Crippen molar-refractivity contribution < 1.29 is 29.1 Å². The van der Waals surface area contributed by atoms with E-state index in [9.17, 15) is 24.0 Å². The molecular formula is C27H30N4O6. The summed E-state index contributed by atoms with van der Waals surface area (Å²) in [7, 11) is 0. The number of fused-ring (bicyclic) bond motifs is 1. The molecule has 0 radical (unpaired) electrons. The van der Waals surface area contributed by atoms with E-state index in [1.807, 2.05) is 24.3 Å². The monoisotopic (exact) mass is 506 g/mol. The zero-order valence-electron chi connectivity index (χ0n) is 20.7. The fraction of sp³-hybridized carbons (Fsp3) is 0.333. The highest BCUT2D eigenvalue weighted by Gasteiger charge is 2.39. The number of hydrogen-bond acceptors (Lipinski definition) is 7. The largest absolute Gasteiger partial charge is 0.481 e. The predicted molar refractivity (Wildman–Crippen MR) is 134 cm³/mol. The first kappa shape index (κ1) is 27.4. The zero-order valence-corrected chi connectivity index (χ0v) is 20.7. The number of carbonyl (C=O) groups is 5. The lowest BCUT2D eigenvalue weighted by molar-refractivity contribution is -0.158. The minimum Gasteiger partial charge on any atom is -0.481 e. The number of ketones is 1. The van der Waals surface area contributed by atoms with Gasteiger partial charge in [-0.2, -0.15) is 0 Å². The maximum absolute atomic E-state index is 13.9. The van der Waals surface area contributed by atoms with E-state index in [0.717, 1.165) is 11.1 Å². The van der Waals surface area contributed by atoms with E-state index in [1.165, 1.54) is 5.01 Å². The molecule has 10 nitrogen and oxygen atoms in total. The van der Waals surface area contributed by atoms with Crippen LogP contribution in [0.15, 0.2) is 54.6 Å². The lowest BCUT2D eigenvalue weighted by atomic mass is 9.86. The predicted octanol–water partition coefficient (Wildman–Crippen LogP) is 2.08. The van der Waals surface area contributed by atoms with Gasteiger partial charge >= 0.3 is 5.97 Å². The first-order valence-corrected chi connectivity index (χ1v) is 11.9. The van der Waals surface area contributed by atoms with Crippen LogP contribution in [-0.4, -0.2) is 63.3 Å². The number of hydrazine groups is 1. The Balaban J connectivity index is 1.89. The van der Waals surface area contributed by atoms with Gasteiger partial charge in [-0.25, -0.2) is 5.01 Å². The number of aliphatic carboxylic acids is 1. The van der Waals surface area contributed by atoms with Crippen LogP contribution in [0.1, 0.15) is 41.8 Å². The number of carboxylic acids is 1.